The summed E-state index contributed by atoms with van der Waals surface area (Å²) in [5.41, 5.74) is 6.09. The number of ketones is 1. The summed E-state index contributed by atoms with van der Waals surface area (Å²) in [4.78, 5) is 11.8. The van der Waals surface area contributed by atoms with Gasteiger partial charge in [-0.3, -0.25) is 4.79 Å². The molecule has 0 heterocycles. The molecule has 5 heteroatoms. The molecular formula is C14H12F3NO. The Kier molecular flexibility index (Phi) is 3.46. The number of carbonyl (C=O) groups excluding carboxylic acids is 1. The zero-order valence-corrected chi connectivity index (χ0v) is 10.00. The normalized spacial score (nSPS) is 11.7. The highest BCUT2D eigenvalue weighted by Crippen LogP contribution is 2.26. The third kappa shape index (κ3) is 3.24. The van der Waals surface area contributed by atoms with Crippen LogP contribution in [0.1, 0.15) is 23.2 Å². The minimum atomic E-state index is -4.33. The number of carbonyl (C=O) groups is 1. The summed E-state index contributed by atoms with van der Waals surface area (Å²) in [6.07, 6.45) is -6.04. The molecule has 0 amide bonds. The molecule has 0 saturated heterocycles. The van der Waals surface area contributed by atoms with E-state index in [0.29, 0.717) is 0 Å². The molecule has 0 aromatic heterocycles. The van der Waals surface area contributed by atoms with Crippen molar-refractivity contribution in [3.63, 3.8) is 0 Å². The summed E-state index contributed by atoms with van der Waals surface area (Å²) in [6, 6.07) is 10.4. The zero-order chi connectivity index (χ0) is 14.0. The van der Waals surface area contributed by atoms with Gasteiger partial charge in [0.05, 0.1) is 6.42 Å². The fraction of sp³-hybridized carbons (Fsp3) is 0.214. The number of hydrogen-bond donors (Lipinski definition) is 1. The van der Waals surface area contributed by atoms with Crippen LogP contribution < -0.4 is 5.73 Å². The third-order valence-electron chi connectivity index (χ3n) is 2.85. The van der Waals surface area contributed by atoms with Crippen molar-refractivity contribution in [1.29, 1.82) is 0 Å². The van der Waals surface area contributed by atoms with E-state index in [0.717, 1.165) is 10.8 Å². The maximum absolute atomic E-state index is 12.1. The van der Waals surface area contributed by atoms with E-state index in [1.165, 1.54) is 0 Å². The Hall–Kier alpha value is -2.04. The number of nitrogen functional groups attached to an aromatic ring is 1. The van der Waals surface area contributed by atoms with Crippen LogP contribution >= 0.6 is 0 Å². The van der Waals surface area contributed by atoms with E-state index in [9.17, 15) is 18.0 Å². The summed E-state index contributed by atoms with van der Waals surface area (Å²) in [5.74, 6) is -0.583. The summed E-state index contributed by atoms with van der Waals surface area (Å²) >= 11 is 0. The molecule has 2 rings (SSSR count). The minimum absolute atomic E-state index is 0.156. The van der Waals surface area contributed by atoms with Gasteiger partial charge in [0.2, 0.25) is 0 Å². The Morgan fingerprint density at radius 1 is 1.11 bits per heavy atom. The Bertz CT molecular complexity index is 620. The van der Waals surface area contributed by atoms with E-state index in [1.807, 2.05) is 12.1 Å². The molecule has 0 unspecified atom stereocenters. The van der Waals surface area contributed by atoms with Gasteiger partial charge in [-0.05, 0) is 22.9 Å². The van der Waals surface area contributed by atoms with Crippen molar-refractivity contribution >= 4 is 22.2 Å². The molecule has 0 fully saturated rings. The second kappa shape index (κ2) is 4.91. The van der Waals surface area contributed by atoms with Crippen LogP contribution in [0.15, 0.2) is 36.4 Å². The van der Waals surface area contributed by atoms with Crippen LogP contribution in [0.2, 0.25) is 0 Å². The van der Waals surface area contributed by atoms with Crippen LogP contribution in [0.5, 0.6) is 0 Å². The van der Waals surface area contributed by atoms with Crippen molar-refractivity contribution in [2.75, 3.05) is 5.73 Å². The monoisotopic (exact) mass is 267 g/mol. The van der Waals surface area contributed by atoms with Crippen LogP contribution in [0.25, 0.3) is 10.8 Å². The molecule has 0 saturated carbocycles. The molecule has 0 aliphatic rings. The first-order valence-corrected chi connectivity index (χ1v) is 5.75. The molecule has 2 N–H and O–H groups in total. The van der Waals surface area contributed by atoms with Crippen molar-refractivity contribution in [2.45, 2.75) is 19.0 Å². The highest BCUT2D eigenvalue weighted by atomic mass is 19.4. The molecule has 0 radical (unpaired) electrons. The number of halogens is 3. The maximum atomic E-state index is 12.1. The van der Waals surface area contributed by atoms with Gasteiger partial charge in [0.1, 0.15) is 0 Å². The van der Waals surface area contributed by atoms with Crippen LogP contribution in [0.3, 0.4) is 0 Å². The molecule has 0 aliphatic heterocycles. The van der Waals surface area contributed by atoms with E-state index in [-0.39, 0.29) is 11.3 Å². The largest absolute Gasteiger partial charge is 0.398 e. The summed E-state index contributed by atoms with van der Waals surface area (Å²) in [6.45, 7) is 0. The van der Waals surface area contributed by atoms with E-state index in [4.69, 9.17) is 5.73 Å². The van der Waals surface area contributed by atoms with Crippen molar-refractivity contribution in [3.8, 4) is 0 Å². The van der Waals surface area contributed by atoms with Crippen molar-refractivity contribution < 1.29 is 18.0 Å². The van der Waals surface area contributed by atoms with Gasteiger partial charge >= 0.3 is 6.18 Å². The van der Waals surface area contributed by atoms with E-state index >= 15 is 0 Å². The highest BCUT2D eigenvalue weighted by molar-refractivity contribution is 6.05. The van der Waals surface area contributed by atoms with Gasteiger partial charge in [-0.2, -0.15) is 13.2 Å². The highest BCUT2D eigenvalue weighted by Gasteiger charge is 2.28. The van der Waals surface area contributed by atoms with Crippen LogP contribution in [-0.4, -0.2) is 12.0 Å². The number of hydrogen-bond acceptors (Lipinski definition) is 2. The molecule has 0 aliphatic carbocycles. The number of anilines is 1. The maximum Gasteiger partial charge on any atom is 0.389 e. The first kappa shape index (κ1) is 13.4. The van der Waals surface area contributed by atoms with Crippen LogP contribution in [-0.2, 0) is 0 Å². The van der Waals surface area contributed by atoms with Crippen molar-refractivity contribution in [3.05, 3.63) is 42.0 Å². The number of fused-ring (bicyclic) bond motifs is 1. The molecule has 0 bridgehead atoms. The fourth-order valence-electron chi connectivity index (χ4n) is 1.89. The summed E-state index contributed by atoms with van der Waals surface area (Å²) in [7, 11) is 0. The van der Waals surface area contributed by atoms with Crippen molar-refractivity contribution in [2.24, 2.45) is 0 Å². The van der Waals surface area contributed by atoms with Crippen LogP contribution in [0, 0.1) is 0 Å². The summed E-state index contributed by atoms with van der Waals surface area (Å²) < 4.78 is 36.3. The van der Waals surface area contributed by atoms with Crippen LogP contribution in [0.4, 0.5) is 18.9 Å². The second-order valence-electron chi connectivity index (χ2n) is 4.32. The lowest BCUT2D eigenvalue weighted by atomic mass is 10.00. The van der Waals surface area contributed by atoms with Gasteiger partial charge in [0.15, 0.2) is 5.78 Å². The average Bonchev–Trinajstić information content (AvgIpc) is 2.34. The quantitative estimate of drug-likeness (QED) is 0.676. The minimum Gasteiger partial charge on any atom is -0.398 e. The zero-order valence-electron chi connectivity index (χ0n) is 10.00. The average molecular weight is 267 g/mol. The van der Waals surface area contributed by atoms with E-state index in [1.54, 1.807) is 24.3 Å². The van der Waals surface area contributed by atoms with Gasteiger partial charge in [-0.15, -0.1) is 0 Å². The first-order valence-electron chi connectivity index (χ1n) is 5.75. The molecule has 2 aromatic rings. The number of nitrogens with two attached hydrogens (primary N) is 1. The van der Waals surface area contributed by atoms with Gasteiger partial charge in [0.25, 0.3) is 0 Å². The molecule has 2 aromatic carbocycles. The SMILES string of the molecule is Nc1cc2ccccc2cc1C(=O)CCC(F)(F)F. The summed E-state index contributed by atoms with van der Waals surface area (Å²) in [5, 5.41) is 1.64. The smallest absolute Gasteiger partial charge is 0.389 e. The lowest BCUT2D eigenvalue weighted by molar-refractivity contribution is -0.133. The molecule has 2 nitrogen and oxygen atoms in total. The van der Waals surface area contributed by atoms with E-state index < -0.39 is 24.8 Å². The fourth-order valence-corrected chi connectivity index (χ4v) is 1.89. The van der Waals surface area contributed by atoms with Gasteiger partial charge < -0.3 is 5.73 Å². The first-order chi connectivity index (χ1) is 8.87. The van der Waals surface area contributed by atoms with Gasteiger partial charge in [-0.1, -0.05) is 24.3 Å². The van der Waals surface area contributed by atoms with Crippen molar-refractivity contribution in [1.82, 2.24) is 0 Å². The molecule has 100 valence electrons. The molecule has 19 heavy (non-hydrogen) atoms. The lowest BCUT2D eigenvalue weighted by Gasteiger charge is -2.09. The van der Waals surface area contributed by atoms with Gasteiger partial charge in [-0.25, -0.2) is 0 Å². The topological polar surface area (TPSA) is 43.1 Å². The predicted molar refractivity (Wildman–Crippen MR) is 68.0 cm³/mol. The molecule has 0 atom stereocenters. The Morgan fingerprint density at radius 2 is 1.68 bits per heavy atom. The number of rotatable bonds is 3. The second-order valence-corrected chi connectivity index (χ2v) is 4.32. The third-order valence-corrected chi connectivity index (χ3v) is 2.85. The lowest BCUT2D eigenvalue weighted by Crippen LogP contribution is -2.12. The Balaban J connectivity index is 2.29. The number of alkyl halides is 3. The number of Topliss-reactive ketones (excluding diaryl/α,β-unsaturated/α-hetero) is 1. The predicted octanol–water partition coefficient (Wildman–Crippen LogP) is 3.95. The standard InChI is InChI=1S/C14H12F3NO/c15-14(16,17)6-5-13(19)11-7-9-3-1-2-4-10(9)8-12(11)18/h1-4,7-8H,5-6,18H2. The Labute approximate surface area is 108 Å². The van der Waals surface area contributed by atoms with Gasteiger partial charge in [0, 0.05) is 17.7 Å². The number of benzene rings is 2. The Morgan fingerprint density at radius 3 is 2.26 bits per heavy atom. The molecule has 0 spiro atoms. The molecular weight excluding hydrogens is 255 g/mol. The van der Waals surface area contributed by atoms with E-state index in [2.05, 4.69) is 0 Å².